The highest BCUT2D eigenvalue weighted by Crippen LogP contribution is 2.29. The molecule has 3 nitrogen and oxygen atoms in total. The lowest BCUT2D eigenvalue weighted by atomic mass is 10.2. The summed E-state index contributed by atoms with van der Waals surface area (Å²) < 4.78 is 10.2. The maximum Gasteiger partial charge on any atom is 0.171 e. The van der Waals surface area contributed by atoms with Crippen LogP contribution in [0, 0.1) is 12.3 Å². The molecule has 0 amide bonds. The number of carbonyl (C=O) groups excluding carboxylic acids is 1. The number of hydrogen-bond donors (Lipinski definition) is 0. The predicted molar refractivity (Wildman–Crippen MR) is 52.7 cm³/mol. The molecular formula is C11H10O3. The van der Waals surface area contributed by atoms with Gasteiger partial charge in [0.25, 0.3) is 0 Å². The van der Waals surface area contributed by atoms with Crippen molar-refractivity contribution in [2.75, 3.05) is 13.7 Å². The summed E-state index contributed by atoms with van der Waals surface area (Å²) in [5.41, 5.74) is 0.446. The number of para-hydroxylation sites is 1. The van der Waals surface area contributed by atoms with Crippen LogP contribution >= 0.6 is 0 Å². The molecule has 0 unspecified atom stereocenters. The summed E-state index contributed by atoms with van der Waals surface area (Å²) in [4.78, 5) is 10.6. The molecule has 3 heteroatoms. The van der Waals surface area contributed by atoms with Crippen molar-refractivity contribution in [2.24, 2.45) is 0 Å². The summed E-state index contributed by atoms with van der Waals surface area (Å²) in [5, 5.41) is 0. The second kappa shape index (κ2) is 4.93. The standard InChI is InChI=1S/C11H10O3/c1-3-7-14-10-6-4-5-9(8-12)11(10)13-2/h1,4-6,8H,7H2,2H3. The van der Waals surface area contributed by atoms with Crippen molar-refractivity contribution >= 4 is 6.29 Å². The van der Waals surface area contributed by atoms with E-state index in [2.05, 4.69) is 5.92 Å². The van der Waals surface area contributed by atoms with Gasteiger partial charge in [-0.05, 0) is 12.1 Å². The molecule has 0 saturated carbocycles. The molecule has 0 spiro atoms. The van der Waals surface area contributed by atoms with Crippen LogP contribution < -0.4 is 9.47 Å². The van der Waals surface area contributed by atoms with Gasteiger partial charge in [0.15, 0.2) is 17.8 Å². The van der Waals surface area contributed by atoms with E-state index in [-0.39, 0.29) is 6.61 Å². The van der Waals surface area contributed by atoms with Crippen LogP contribution in [0.25, 0.3) is 0 Å². The number of terminal acetylenes is 1. The molecular weight excluding hydrogens is 180 g/mol. The van der Waals surface area contributed by atoms with E-state index < -0.39 is 0 Å². The summed E-state index contributed by atoms with van der Waals surface area (Å²) >= 11 is 0. The Bertz CT molecular complexity index is 363. The molecule has 72 valence electrons. The number of ether oxygens (including phenoxy) is 2. The predicted octanol–water partition coefficient (Wildman–Crippen LogP) is 1.52. The second-order valence-electron chi connectivity index (χ2n) is 2.49. The first kappa shape index (κ1) is 10.1. The summed E-state index contributed by atoms with van der Waals surface area (Å²) in [7, 11) is 1.48. The van der Waals surface area contributed by atoms with Crippen molar-refractivity contribution in [3.63, 3.8) is 0 Å². The Labute approximate surface area is 82.6 Å². The van der Waals surface area contributed by atoms with E-state index in [0.29, 0.717) is 23.3 Å². The Balaban J connectivity index is 3.03. The highest BCUT2D eigenvalue weighted by atomic mass is 16.5. The van der Waals surface area contributed by atoms with E-state index >= 15 is 0 Å². The molecule has 0 bridgehead atoms. The molecule has 14 heavy (non-hydrogen) atoms. The van der Waals surface area contributed by atoms with Crippen molar-refractivity contribution in [1.82, 2.24) is 0 Å². The lowest BCUT2D eigenvalue weighted by Crippen LogP contribution is -1.98. The molecule has 0 aromatic heterocycles. The van der Waals surface area contributed by atoms with E-state index in [0.717, 1.165) is 0 Å². The molecule has 0 N–H and O–H groups in total. The van der Waals surface area contributed by atoms with Crippen LogP contribution in [-0.2, 0) is 0 Å². The lowest BCUT2D eigenvalue weighted by molar-refractivity contribution is 0.112. The van der Waals surface area contributed by atoms with E-state index in [1.165, 1.54) is 7.11 Å². The number of hydrogen-bond acceptors (Lipinski definition) is 3. The van der Waals surface area contributed by atoms with Crippen LogP contribution in [0.2, 0.25) is 0 Å². The van der Waals surface area contributed by atoms with Gasteiger partial charge in [0.1, 0.15) is 6.61 Å². The molecule has 0 aliphatic rings. The Morgan fingerprint density at radius 1 is 1.57 bits per heavy atom. The van der Waals surface area contributed by atoms with Gasteiger partial charge in [-0.2, -0.15) is 0 Å². The van der Waals surface area contributed by atoms with Crippen LogP contribution in [0.3, 0.4) is 0 Å². The molecule has 0 atom stereocenters. The van der Waals surface area contributed by atoms with E-state index in [4.69, 9.17) is 15.9 Å². The van der Waals surface area contributed by atoms with Gasteiger partial charge in [-0.3, -0.25) is 4.79 Å². The van der Waals surface area contributed by atoms with Crippen molar-refractivity contribution < 1.29 is 14.3 Å². The van der Waals surface area contributed by atoms with E-state index in [9.17, 15) is 4.79 Å². The van der Waals surface area contributed by atoms with E-state index in [1.807, 2.05) is 0 Å². The van der Waals surface area contributed by atoms with Crippen LogP contribution in [0.5, 0.6) is 11.5 Å². The van der Waals surface area contributed by atoms with Crippen LogP contribution in [-0.4, -0.2) is 20.0 Å². The third kappa shape index (κ3) is 2.05. The normalized spacial score (nSPS) is 8.86. The minimum atomic E-state index is 0.151. The third-order valence-electron chi connectivity index (χ3n) is 1.65. The van der Waals surface area contributed by atoms with Crippen molar-refractivity contribution in [2.45, 2.75) is 0 Å². The zero-order valence-corrected chi connectivity index (χ0v) is 7.82. The van der Waals surface area contributed by atoms with Gasteiger partial charge in [-0.1, -0.05) is 12.0 Å². The average Bonchev–Trinajstić information content (AvgIpc) is 2.25. The number of benzene rings is 1. The molecule has 1 aromatic carbocycles. The Morgan fingerprint density at radius 2 is 2.36 bits per heavy atom. The van der Waals surface area contributed by atoms with Gasteiger partial charge in [-0.15, -0.1) is 6.42 Å². The number of methoxy groups -OCH3 is 1. The summed E-state index contributed by atoms with van der Waals surface area (Å²) in [5.74, 6) is 3.23. The van der Waals surface area contributed by atoms with Crippen LogP contribution in [0.1, 0.15) is 10.4 Å². The first-order valence-electron chi connectivity index (χ1n) is 4.02. The van der Waals surface area contributed by atoms with Crippen LogP contribution in [0.15, 0.2) is 18.2 Å². The van der Waals surface area contributed by atoms with Gasteiger partial charge < -0.3 is 9.47 Å². The molecule has 0 fully saturated rings. The molecule has 0 aliphatic heterocycles. The largest absolute Gasteiger partial charge is 0.492 e. The molecule has 1 aromatic rings. The average molecular weight is 190 g/mol. The monoisotopic (exact) mass is 190 g/mol. The summed E-state index contributed by atoms with van der Waals surface area (Å²) in [6.07, 6.45) is 5.76. The molecule has 0 heterocycles. The van der Waals surface area contributed by atoms with Gasteiger partial charge in [0.2, 0.25) is 0 Å². The number of rotatable bonds is 4. The summed E-state index contributed by atoms with van der Waals surface area (Å²) in [6.45, 7) is 0.151. The van der Waals surface area contributed by atoms with Gasteiger partial charge >= 0.3 is 0 Å². The fourth-order valence-corrected chi connectivity index (χ4v) is 1.08. The highest BCUT2D eigenvalue weighted by Gasteiger charge is 2.08. The number of carbonyl (C=O) groups is 1. The first-order chi connectivity index (χ1) is 6.83. The van der Waals surface area contributed by atoms with Crippen LogP contribution in [0.4, 0.5) is 0 Å². The molecule has 0 saturated heterocycles. The topological polar surface area (TPSA) is 35.5 Å². The van der Waals surface area contributed by atoms with Crippen molar-refractivity contribution in [3.8, 4) is 23.8 Å². The maximum atomic E-state index is 10.6. The summed E-state index contributed by atoms with van der Waals surface area (Å²) in [6, 6.07) is 5.05. The Hall–Kier alpha value is -1.95. The van der Waals surface area contributed by atoms with E-state index in [1.54, 1.807) is 18.2 Å². The molecule has 0 radical (unpaired) electrons. The minimum absolute atomic E-state index is 0.151. The van der Waals surface area contributed by atoms with Gasteiger partial charge in [0.05, 0.1) is 12.7 Å². The third-order valence-corrected chi connectivity index (χ3v) is 1.65. The van der Waals surface area contributed by atoms with Crippen molar-refractivity contribution in [3.05, 3.63) is 23.8 Å². The first-order valence-corrected chi connectivity index (χ1v) is 4.02. The lowest BCUT2D eigenvalue weighted by Gasteiger charge is -2.09. The minimum Gasteiger partial charge on any atom is -0.492 e. The second-order valence-corrected chi connectivity index (χ2v) is 2.49. The Morgan fingerprint density at radius 3 is 2.93 bits per heavy atom. The number of aldehydes is 1. The van der Waals surface area contributed by atoms with Gasteiger partial charge in [0, 0.05) is 0 Å². The fraction of sp³-hybridized carbons (Fsp3) is 0.182. The van der Waals surface area contributed by atoms with Gasteiger partial charge in [-0.25, -0.2) is 0 Å². The molecule has 0 aliphatic carbocycles. The quantitative estimate of drug-likeness (QED) is 0.533. The zero-order chi connectivity index (χ0) is 10.4. The smallest absolute Gasteiger partial charge is 0.171 e. The zero-order valence-electron chi connectivity index (χ0n) is 7.82. The molecule has 1 rings (SSSR count). The maximum absolute atomic E-state index is 10.6. The Kier molecular flexibility index (Phi) is 3.57. The van der Waals surface area contributed by atoms with Crippen molar-refractivity contribution in [1.29, 1.82) is 0 Å². The SMILES string of the molecule is C#CCOc1cccc(C=O)c1OC. The fourth-order valence-electron chi connectivity index (χ4n) is 1.08. The highest BCUT2D eigenvalue weighted by molar-refractivity contribution is 5.81.